The van der Waals surface area contributed by atoms with Crippen LogP contribution in [0, 0.1) is 5.92 Å². The van der Waals surface area contributed by atoms with Crippen molar-refractivity contribution in [2.24, 2.45) is 5.92 Å². The van der Waals surface area contributed by atoms with Crippen LogP contribution in [0.3, 0.4) is 0 Å². The lowest BCUT2D eigenvalue weighted by molar-refractivity contribution is -0.158. The zero-order valence-corrected chi connectivity index (χ0v) is 15.0. The molecule has 0 rings (SSSR count). The highest BCUT2D eigenvalue weighted by molar-refractivity contribution is 5.81. The van der Waals surface area contributed by atoms with Crippen LogP contribution in [0.1, 0.15) is 74.7 Å². The van der Waals surface area contributed by atoms with Gasteiger partial charge in [-0.2, -0.15) is 0 Å². The van der Waals surface area contributed by atoms with Crippen molar-refractivity contribution >= 4 is 11.8 Å². The van der Waals surface area contributed by atoms with Gasteiger partial charge in [-0.3, -0.25) is 14.9 Å². The van der Waals surface area contributed by atoms with E-state index in [1.807, 2.05) is 55.4 Å². The maximum Gasteiger partial charge on any atom is 0.323 e. The Labute approximate surface area is 130 Å². The van der Waals surface area contributed by atoms with Crippen LogP contribution >= 0.6 is 0 Å². The van der Waals surface area contributed by atoms with Crippen LogP contribution in [0.4, 0.5) is 0 Å². The summed E-state index contributed by atoms with van der Waals surface area (Å²) in [5.74, 6) is 0.275. The van der Waals surface area contributed by atoms with Crippen LogP contribution in [0.2, 0.25) is 0 Å². The van der Waals surface area contributed by atoms with Crippen molar-refractivity contribution in [2.75, 3.05) is 0 Å². The summed E-state index contributed by atoms with van der Waals surface area (Å²) in [7, 11) is 0. The molecule has 1 atom stereocenters. The first-order valence-corrected chi connectivity index (χ1v) is 7.82. The van der Waals surface area contributed by atoms with E-state index >= 15 is 0 Å². The minimum Gasteiger partial charge on any atom is -0.459 e. The third-order valence-corrected chi connectivity index (χ3v) is 2.65. The molecule has 1 N–H and O–H groups in total. The summed E-state index contributed by atoms with van der Waals surface area (Å²) >= 11 is 0. The van der Waals surface area contributed by atoms with E-state index in [9.17, 15) is 9.59 Å². The molecular formula is C17H33NO3. The SMILES string of the molecule is CC(C)CC(=O)CCC(NC(C)(C)C)C(=O)OC(C)(C)C. The number of esters is 1. The predicted molar refractivity (Wildman–Crippen MR) is 86.2 cm³/mol. The van der Waals surface area contributed by atoms with Gasteiger partial charge in [0.05, 0.1) is 0 Å². The molecule has 0 aromatic heterocycles. The molecule has 0 aromatic rings. The molecule has 0 aliphatic rings. The highest BCUT2D eigenvalue weighted by atomic mass is 16.6. The van der Waals surface area contributed by atoms with E-state index < -0.39 is 11.6 Å². The average molecular weight is 299 g/mol. The van der Waals surface area contributed by atoms with Gasteiger partial charge in [0.1, 0.15) is 17.4 Å². The molecule has 0 radical (unpaired) electrons. The normalized spacial score (nSPS) is 14.1. The third kappa shape index (κ3) is 11.4. The standard InChI is InChI=1S/C17H33NO3/c1-12(2)11-13(19)9-10-14(18-16(3,4)5)15(20)21-17(6,7)8/h12,14,18H,9-11H2,1-8H3. The largest absolute Gasteiger partial charge is 0.459 e. The molecule has 0 fully saturated rings. The fraction of sp³-hybridized carbons (Fsp3) is 0.882. The second-order valence-corrected chi connectivity index (χ2v) is 8.16. The van der Waals surface area contributed by atoms with Gasteiger partial charge in [0.15, 0.2) is 0 Å². The maximum absolute atomic E-state index is 12.3. The first kappa shape index (κ1) is 20.1. The predicted octanol–water partition coefficient (Wildman–Crippen LogP) is 3.48. The molecule has 4 heteroatoms. The molecule has 0 heterocycles. The molecule has 0 spiro atoms. The lowest BCUT2D eigenvalue weighted by atomic mass is 9.99. The van der Waals surface area contributed by atoms with Crippen molar-refractivity contribution < 1.29 is 14.3 Å². The first-order valence-electron chi connectivity index (χ1n) is 7.82. The number of carbonyl (C=O) groups excluding carboxylic acids is 2. The zero-order valence-electron chi connectivity index (χ0n) is 15.0. The summed E-state index contributed by atoms with van der Waals surface area (Å²) in [5.41, 5.74) is -0.723. The van der Waals surface area contributed by atoms with E-state index in [0.29, 0.717) is 25.2 Å². The summed E-state index contributed by atoms with van der Waals surface area (Å²) in [6.07, 6.45) is 1.46. The number of carbonyl (C=O) groups is 2. The topological polar surface area (TPSA) is 55.4 Å². The lowest BCUT2D eigenvalue weighted by Gasteiger charge is -2.30. The molecule has 0 saturated carbocycles. The molecule has 0 aliphatic carbocycles. The van der Waals surface area contributed by atoms with Crippen molar-refractivity contribution in [2.45, 2.75) is 91.8 Å². The summed E-state index contributed by atoms with van der Waals surface area (Å²) in [6.45, 7) is 15.6. The molecule has 1 unspecified atom stereocenters. The molecule has 0 bridgehead atoms. The van der Waals surface area contributed by atoms with Crippen LogP contribution < -0.4 is 5.32 Å². The Morgan fingerprint density at radius 2 is 1.57 bits per heavy atom. The lowest BCUT2D eigenvalue weighted by Crippen LogP contribution is -2.49. The maximum atomic E-state index is 12.3. The van der Waals surface area contributed by atoms with Gasteiger partial charge in [-0.15, -0.1) is 0 Å². The van der Waals surface area contributed by atoms with E-state index in [2.05, 4.69) is 5.32 Å². The Morgan fingerprint density at radius 1 is 1.05 bits per heavy atom. The average Bonchev–Trinajstić information content (AvgIpc) is 2.18. The molecule has 0 aliphatic heterocycles. The summed E-state index contributed by atoms with van der Waals surface area (Å²) in [5, 5.41) is 3.26. The van der Waals surface area contributed by atoms with Gasteiger partial charge in [0.25, 0.3) is 0 Å². The second-order valence-electron chi connectivity index (χ2n) is 8.16. The zero-order chi connectivity index (χ0) is 16.8. The van der Waals surface area contributed by atoms with Crippen molar-refractivity contribution in [3.8, 4) is 0 Å². The Bertz CT molecular complexity index is 348. The van der Waals surface area contributed by atoms with Crippen LogP contribution in [-0.2, 0) is 14.3 Å². The Morgan fingerprint density at radius 3 is 1.95 bits per heavy atom. The Kier molecular flexibility index (Phi) is 7.58. The first-order chi connectivity index (χ1) is 9.30. The summed E-state index contributed by atoms with van der Waals surface area (Å²) < 4.78 is 5.45. The number of hydrogen-bond acceptors (Lipinski definition) is 4. The minimum absolute atomic E-state index is 0.203. The minimum atomic E-state index is -0.517. The fourth-order valence-electron chi connectivity index (χ4n) is 2.01. The smallest absolute Gasteiger partial charge is 0.323 e. The number of ketones is 1. The van der Waals surface area contributed by atoms with Gasteiger partial charge in [-0.1, -0.05) is 13.8 Å². The van der Waals surface area contributed by atoms with Gasteiger partial charge in [0, 0.05) is 18.4 Å². The van der Waals surface area contributed by atoms with Crippen LogP contribution in [-0.4, -0.2) is 28.9 Å². The van der Waals surface area contributed by atoms with Gasteiger partial charge in [-0.05, 0) is 53.9 Å². The summed E-state index contributed by atoms with van der Waals surface area (Å²) in [4.78, 5) is 24.1. The van der Waals surface area contributed by atoms with Gasteiger partial charge in [-0.25, -0.2) is 0 Å². The number of nitrogens with one attached hydrogen (secondary N) is 1. The van der Waals surface area contributed by atoms with E-state index in [1.165, 1.54) is 0 Å². The van der Waals surface area contributed by atoms with Crippen molar-refractivity contribution in [1.82, 2.24) is 5.32 Å². The summed E-state index contributed by atoms with van der Waals surface area (Å²) in [6, 6.07) is -0.444. The fourth-order valence-corrected chi connectivity index (χ4v) is 2.01. The number of rotatable bonds is 7. The highest BCUT2D eigenvalue weighted by Crippen LogP contribution is 2.14. The van der Waals surface area contributed by atoms with Crippen molar-refractivity contribution in [3.63, 3.8) is 0 Å². The van der Waals surface area contributed by atoms with Crippen LogP contribution in [0.5, 0.6) is 0 Å². The van der Waals surface area contributed by atoms with E-state index in [4.69, 9.17) is 4.74 Å². The van der Waals surface area contributed by atoms with Crippen molar-refractivity contribution in [1.29, 1.82) is 0 Å². The van der Waals surface area contributed by atoms with Gasteiger partial charge < -0.3 is 4.74 Å². The van der Waals surface area contributed by atoms with Crippen LogP contribution in [0.25, 0.3) is 0 Å². The molecular weight excluding hydrogens is 266 g/mol. The molecule has 21 heavy (non-hydrogen) atoms. The molecule has 124 valence electrons. The number of ether oxygens (including phenoxy) is 1. The van der Waals surface area contributed by atoms with Crippen molar-refractivity contribution in [3.05, 3.63) is 0 Å². The third-order valence-electron chi connectivity index (χ3n) is 2.65. The molecule has 0 amide bonds. The highest BCUT2D eigenvalue weighted by Gasteiger charge is 2.28. The van der Waals surface area contributed by atoms with Gasteiger partial charge in [0.2, 0.25) is 0 Å². The molecule has 0 saturated heterocycles. The quantitative estimate of drug-likeness (QED) is 0.731. The van der Waals surface area contributed by atoms with E-state index in [1.54, 1.807) is 0 Å². The van der Waals surface area contributed by atoms with Crippen LogP contribution in [0.15, 0.2) is 0 Å². The number of hydrogen-bond donors (Lipinski definition) is 1. The number of Topliss-reactive ketones (excluding diaryl/α,β-unsaturated/α-hetero) is 1. The van der Waals surface area contributed by atoms with Gasteiger partial charge >= 0.3 is 5.97 Å². The molecule has 4 nitrogen and oxygen atoms in total. The second kappa shape index (κ2) is 7.92. The monoisotopic (exact) mass is 299 g/mol. The van der Waals surface area contributed by atoms with E-state index in [0.717, 1.165) is 0 Å². The molecule has 0 aromatic carbocycles. The van der Waals surface area contributed by atoms with E-state index in [-0.39, 0.29) is 17.3 Å². The Hall–Kier alpha value is -0.900. The Balaban J connectivity index is 4.68.